The molecule has 1 saturated heterocycles. The molecule has 0 aromatic heterocycles. The van der Waals surface area contributed by atoms with Gasteiger partial charge in [-0.2, -0.15) is 0 Å². The monoisotopic (exact) mass is 284 g/mol. The van der Waals surface area contributed by atoms with Gasteiger partial charge in [-0.1, -0.05) is 20.3 Å². The second-order valence-electron chi connectivity index (χ2n) is 5.63. The molecule has 116 valence electrons. The lowest BCUT2D eigenvalue weighted by molar-refractivity contribution is -0.150. The van der Waals surface area contributed by atoms with Gasteiger partial charge in [0.25, 0.3) is 0 Å². The summed E-state index contributed by atoms with van der Waals surface area (Å²) in [7, 11) is 1.69. The number of piperazine rings is 1. The van der Waals surface area contributed by atoms with Crippen LogP contribution >= 0.6 is 0 Å². The topological polar surface area (TPSA) is 58.6 Å². The average Bonchev–Trinajstić information content (AvgIpc) is 2.45. The number of methoxy groups -OCH3 is 1. The first-order valence-electron chi connectivity index (χ1n) is 7.62. The van der Waals surface area contributed by atoms with Gasteiger partial charge < -0.3 is 15.0 Å². The van der Waals surface area contributed by atoms with Crippen LogP contribution in [-0.2, 0) is 14.3 Å². The van der Waals surface area contributed by atoms with E-state index in [9.17, 15) is 9.59 Å². The van der Waals surface area contributed by atoms with Gasteiger partial charge in [0, 0.05) is 20.3 Å². The Labute approximate surface area is 122 Å². The summed E-state index contributed by atoms with van der Waals surface area (Å²) in [4.78, 5) is 26.2. The first-order valence-corrected chi connectivity index (χ1v) is 7.62. The molecule has 0 aromatic rings. The minimum absolute atomic E-state index is 0.0354. The van der Waals surface area contributed by atoms with E-state index in [0.717, 1.165) is 32.3 Å². The maximum Gasteiger partial charge on any atom is 0.246 e. The van der Waals surface area contributed by atoms with Crippen molar-refractivity contribution in [2.45, 2.75) is 58.5 Å². The molecule has 3 unspecified atom stereocenters. The van der Waals surface area contributed by atoms with E-state index < -0.39 is 0 Å². The minimum atomic E-state index is -0.359. The molecule has 5 nitrogen and oxygen atoms in total. The summed E-state index contributed by atoms with van der Waals surface area (Å²) in [5.41, 5.74) is 0. The lowest BCUT2D eigenvalue weighted by Crippen LogP contribution is -2.64. The third-order valence-electron chi connectivity index (χ3n) is 4.15. The van der Waals surface area contributed by atoms with Gasteiger partial charge in [0.05, 0.1) is 0 Å². The Kier molecular flexibility index (Phi) is 6.99. The number of nitrogens with one attached hydrogen (secondary N) is 1. The summed E-state index contributed by atoms with van der Waals surface area (Å²) in [5, 5.41) is 2.86. The van der Waals surface area contributed by atoms with Crippen LogP contribution < -0.4 is 5.32 Å². The van der Waals surface area contributed by atoms with Crippen molar-refractivity contribution < 1.29 is 14.3 Å². The zero-order valence-electron chi connectivity index (χ0n) is 13.1. The molecule has 0 radical (unpaired) electrons. The van der Waals surface area contributed by atoms with Crippen LogP contribution in [0.4, 0.5) is 0 Å². The van der Waals surface area contributed by atoms with E-state index in [0.29, 0.717) is 6.54 Å². The van der Waals surface area contributed by atoms with Crippen molar-refractivity contribution in [2.75, 3.05) is 20.3 Å². The van der Waals surface area contributed by atoms with E-state index >= 15 is 0 Å². The fourth-order valence-corrected chi connectivity index (χ4v) is 2.48. The van der Waals surface area contributed by atoms with Crippen molar-refractivity contribution in [3.8, 4) is 0 Å². The molecular weight excluding hydrogens is 256 g/mol. The predicted octanol–water partition coefficient (Wildman–Crippen LogP) is 1.56. The molecule has 0 bridgehead atoms. The fraction of sp³-hybridized carbons (Fsp3) is 0.867. The number of amides is 2. The van der Waals surface area contributed by atoms with Gasteiger partial charge in [-0.3, -0.25) is 9.59 Å². The number of nitrogens with zero attached hydrogens (tertiary/aromatic N) is 1. The van der Waals surface area contributed by atoms with Crippen LogP contribution in [0, 0.1) is 5.92 Å². The van der Waals surface area contributed by atoms with E-state index in [-0.39, 0.29) is 29.8 Å². The minimum Gasteiger partial charge on any atom is -0.385 e. The van der Waals surface area contributed by atoms with Crippen molar-refractivity contribution in [3.05, 3.63) is 0 Å². The molecule has 1 rings (SSSR count). The fourth-order valence-electron chi connectivity index (χ4n) is 2.48. The molecule has 2 amide bonds. The van der Waals surface area contributed by atoms with Crippen molar-refractivity contribution in [3.63, 3.8) is 0 Å². The summed E-state index contributed by atoms with van der Waals surface area (Å²) in [6.45, 7) is 7.26. The molecule has 1 fully saturated rings. The number of hydrogen-bond acceptors (Lipinski definition) is 3. The zero-order valence-corrected chi connectivity index (χ0v) is 13.1. The lowest BCUT2D eigenvalue weighted by atomic mass is 9.94. The highest BCUT2D eigenvalue weighted by Gasteiger charge is 2.39. The predicted molar refractivity (Wildman–Crippen MR) is 78.3 cm³/mol. The van der Waals surface area contributed by atoms with Gasteiger partial charge in [0.1, 0.15) is 12.1 Å². The van der Waals surface area contributed by atoms with Crippen LogP contribution in [0.15, 0.2) is 0 Å². The van der Waals surface area contributed by atoms with Gasteiger partial charge in [0.2, 0.25) is 11.8 Å². The Morgan fingerprint density at radius 1 is 1.30 bits per heavy atom. The molecule has 0 aliphatic carbocycles. The largest absolute Gasteiger partial charge is 0.385 e. The van der Waals surface area contributed by atoms with Crippen LogP contribution in [0.5, 0.6) is 0 Å². The third-order valence-corrected chi connectivity index (χ3v) is 4.15. The summed E-state index contributed by atoms with van der Waals surface area (Å²) in [6.07, 6.45) is 3.81. The highest BCUT2D eigenvalue weighted by atomic mass is 16.5. The molecule has 1 N–H and O–H groups in total. The maximum absolute atomic E-state index is 12.5. The van der Waals surface area contributed by atoms with Crippen LogP contribution in [0.2, 0.25) is 0 Å². The van der Waals surface area contributed by atoms with Crippen LogP contribution in [0.3, 0.4) is 0 Å². The van der Waals surface area contributed by atoms with E-state index in [2.05, 4.69) is 5.32 Å². The molecule has 0 aromatic carbocycles. The van der Waals surface area contributed by atoms with Crippen molar-refractivity contribution in [1.82, 2.24) is 10.2 Å². The molecule has 1 aliphatic rings. The highest BCUT2D eigenvalue weighted by molar-refractivity contribution is 5.96. The van der Waals surface area contributed by atoms with Crippen molar-refractivity contribution in [2.24, 2.45) is 5.92 Å². The Morgan fingerprint density at radius 2 is 2.00 bits per heavy atom. The quantitative estimate of drug-likeness (QED) is 0.688. The second-order valence-corrected chi connectivity index (χ2v) is 5.63. The maximum atomic E-state index is 12.5. The molecule has 0 saturated carbocycles. The summed E-state index contributed by atoms with van der Waals surface area (Å²) >= 11 is 0. The smallest absolute Gasteiger partial charge is 0.246 e. The van der Waals surface area contributed by atoms with Crippen LogP contribution in [0.25, 0.3) is 0 Å². The van der Waals surface area contributed by atoms with E-state index in [1.54, 1.807) is 18.9 Å². The molecule has 1 heterocycles. The summed E-state index contributed by atoms with van der Waals surface area (Å²) < 4.78 is 5.01. The molecule has 3 atom stereocenters. The summed E-state index contributed by atoms with van der Waals surface area (Å²) in [5.74, 6) is 0.208. The van der Waals surface area contributed by atoms with E-state index in [4.69, 9.17) is 4.74 Å². The zero-order chi connectivity index (χ0) is 15.1. The first kappa shape index (κ1) is 17.0. The van der Waals surface area contributed by atoms with Gasteiger partial charge in [-0.15, -0.1) is 0 Å². The van der Waals surface area contributed by atoms with Crippen molar-refractivity contribution in [1.29, 1.82) is 0 Å². The summed E-state index contributed by atoms with van der Waals surface area (Å²) in [6, 6.07) is -0.715. The van der Waals surface area contributed by atoms with E-state index in [1.807, 2.05) is 13.8 Å². The molecule has 20 heavy (non-hydrogen) atoms. The Hall–Kier alpha value is -1.10. The van der Waals surface area contributed by atoms with Gasteiger partial charge in [-0.05, 0) is 32.1 Å². The first-order chi connectivity index (χ1) is 9.52. The number of rotatable bonds is 8. The normalized spacial score (nSPS) is 24.7. The molecule has 1 aliphatic heterocycles. The van der Waals surface area contributed by atoms with Crippen LogP contribution in [-0.4, -0.2) is 49.1 Å². The average molecular weight is 284 g/mol. The third kappa shape index (κ3) is 4.20. The van der Waals surface area contributed by atoms with Crippen LogP contribution in [0.1, 0.15) is 46.5 Å². The standard InChI is InChI=1S/C15H28N2O3/c1-5-11(2)13-15(19)17(12(3)14(18)16-13)9-7-6-8-10-20-4/h11-13H,5-10H2,1-4H3,(H,16,18). The lowest BCUT2D eigenvalue weighted by Gasteiger charge is -2.39. The number of ether oxygens (including phenoxy) is 1. The second kappa shape index (κ2) is 8.25. The number of unbranched alkanes of at least 4 members (excludes halogenated alkanes) is 2. The highest BCUT2D eigenvalue weighted by Crippen LogP contribution is 2.18. The SMILES string of the molecule is CCC(C)C1NC(=O)C(C)N(CCCCCOC)C1=O. The van der Waals surface area contributed by atoms with Gasteiger partial charge >= 0.3 is 0 Å². The molecule has 0 spiro atoms. The Balaban J connectivity index is 2.57. The van der Waals surface area contributed by atoms with Crippen molar-refractivity contribution >= 4 is 11.8 Å². The Bertz CT molecular complexity index is 333. The molecular formula is C15H28N2O3. The number of carbonyl (C=O) groups is 2. The Morgan fingerprint density at radius 3 is 2.60 bits per heavy atom. The number of carbonyl (C=O) groups excluding carboxylic acids is 2. The molecule has 5 heteroatoms. The van der Waals surface area contributed by atoms with E-state index in [1.165, 1.54) is 0 Å². The van der Waals surface area contributed by atoms with Gasteiger partial charge in [0.15, 0.2) is 0 Å². The van der Waals surface area contributed by atoms with Gasteiger partial charge in [-0.25, -0.2) is 0 Å². The number of hydrogen-bond donors (Lipinski definition) is 1.